The molecule has 2 aromatic carbocycles. The quantitative estimate of drug-likeness (QED) is 0.747. The minimum Gasteiger partial charge on any atom is -0.338 e. The molecule has 2 atom stereocenters. The maximum atomic E-state index is 13.1. The molecule has 1 aliphatic heterocycles. The lowest BCUT2D eigenvalue weighted by molar-refractivity contribution is 0.0787. The first kappa shape index (κ1) is 22.2. The Morgan fingerprint density at radius 3 is 2.39 bits per heavy atom. The smallest absolute Gasteiger partial charge is 0.256 e. The number of halogens is 1. The fourth-order valence-corrected chi connectivity index (χ4v) is 4.18. The highest BCUT2D eigenvalue weighted by molar-refractivity contribution is 7.92. The summed E-state index contributed by atoms with van der Waals surface area (Å²) in [6.07, 6.45) is 0. The summed E-state index contributed by atoms with van der Waals surface area (Å²) in [6.45, 7) is 3.18. The van der Waals surface area contributed by atoms with E-state index in [1.807, 2.05) is 18.2 Å². The van der Waals surface area contributed by atoms with Gasteiger partial charge in [0.2, 0.25) is 10.0 Å². The van der Waals surface area contributed by atoms with Crippen molar-refractivity contribution in [1.82, 2.24) is 4.90 Å². The van der Waals surface area contributed by atoms with E-state index in [4.69, 9.17) is 5.73 Å². The predicted molar refractivity (Wildman–Crippen MR) is 114 cm³/mol. The van der Waals surface area contributed by atoms with Crippen molar-refractivity contribution in [3.63, 3.8) is 0 Å². The van der Waals surface area contributed by atoms with E-state index in [1.165, 1.54) is 5.56 Å². The number of para-hydroxylation sites is 1. The minimum atomic E-state index is -3.46. The SMILES string of the molecule is CCS(=O)(=O)Nc1ccccc1C(=O)N1C[C@@H](CN)[C@H](c2ccccc2)C1.Cl. The molecular weight excluding hydrogens is 398 g/mol. The fraction of sp³-hybridized carbons (Fsp3) is 0.350. The van der Waals surface area contributed by atoms with Crippen LogP contribution >= 0.6 is 12.4 Å². The molecule has 1 aliphatic rings. The van der Waals surface area contributed by atoms with Gasteiger partial charge in [-0.15, -0.1) is 12.4 Å². The van der Waals surface area contributed by atoms with E-state index in [9.17, 15) is 13.2 Å². The van der Waals surface area contributed by atoms with Crippen LogP contribution in [-0.2, 0) is 10.0 Å². The number of hydrogen-bond acceptors (Lipinski definition) is 4. The number of nitrogens with two attached hydrogens (primary N) is 1. The third kappa shape index (κ3) is 4.84. The molecule has 1 amide bonds. The molecule has 28 heavy (non-hydrogen) atoms. The van der Waals surface area contributed by atoms with E-state index < -0.39 is 10.0 Å². The summed E-state index contributed by atoms with van der Waals surface area (Å²) < 4.78 is 26.4. The molecule has 6 nitrogen and oxygen atoms in total. The van der Waals surface area contributed by atoms with Gasteiger partial charge in [-0.25, -0.2) is 8.42 Å². The number of carbonyl (C=O) groups is 1. The van der Waals surface area contributed by atoms with Crippen molar-refractivity contribution in [2.75, 3.05) is 30.1 Å². The molecule has 0 bridgehead atoms. The van der Waals surface area contributed by atoms with E-state index in [2.05, 4.69) is 16.9 Å². The second kappa shape index (κ2) is 9.41. The molecule has 0 unspecified atom stereocenters. The number of nitrogens with one attached hydrogen (secondary N) is 1. The Bertz CT molecular complexity index is 906. The molecule has 0 aromatic heterocycles. The normalized spacial score (nSPS) is 19.1. The molecule has 0 saturated carbocycles. The second-order valence-corrected chi connectivity index (χ2v) is 8.79. The minimum absolute atomic E-state index is 0. The molecule has 1 heterocycles. The maximum absolute atomic E-state index is 13.1. The zero-order valence-electron chi connectivity index (χ0n) is 15.7. The van der Waals surface area contributed by atoms with Crippen LogP contribution in [0.15, 0.2) is 54.6 Å². The largest absolute Gasteiger partial charge is 0.338 e. The number of carbonyl (C=O) groups excluding carboxylic acids is 1. The fourth-order valence-electron chi connectivity index (χ4n) is 3.52. The van der Waals surface area contributed by atoms with Crippen LogP contribution in [0.4, 0.5) is 5.69 Å². The number of amides is 1. The molecule has 2 aromatic rings. The first-order chi connectivity index (χ1) is 12.9. The van der Waals surface area contributed by atoms with Gasteiger partial charge >= 0.3 is 0 Å². The lowest BCUT2D eigenvalue weighted by Crippen LogP contribution is -2.31. The van der Waals surface area contributed by atoms with Crippen molar-refractivity contribution in [1.29, 1.82) is 0 Å². The van der Waals surface area contributed by atoms with Gasteiger partial charge in [0.05, 0.1) is 17.0 Å². The van der Waals surface area contributed by atoms with Gasteiger partial charge in [0, 0.05) is 19.0 Å². The van der Waals surface area contributed by atoms with Crippen LogP contribution in [-0.4, -0.2) is 44.6 Å². The summed E-state index contributed by atoms with van der Waals surface area (Å²) in [6, 6.07) is 16.8. The highest BCUT2D eigenvalue weighted by Gasteiger charge is 2.36. The summed E-state index contributed by atoms with van der Waals surface area (Å²) in [4.78, 5) is 14.9. The van der Waals surface area contributed by atoms with Crippen molar-refractivity contribution in [3.8, 4) is 0 Å². The third-order valence-corrected chi connectivity index (χ3v) is 6.35. The summed E-state index contributed by atoms with van der Waals surface area (Å²) in [7, 11) is -3.46. The van der Waals surface area contributed by atoms with Crippen LogP contribution in [0.5, 0.6) is 0 Å². The lowest BCUT2D eigenvalue weighted by atomic mass is 9.89. The summed E-state index contributed by atoms with van der Waals surface area (Å²) >= 11 is 0. The number of benzene rings is 2. The Morgan fingerprint density at radius 1 is 1.11 bits per heavy atom. The van der Waals surface area contributed by atoms with E-state index >= 15 is 0 Å². The van der Waals surface area contributed by atoms with Crippen LogP contribution in [0.25, 0.3) is 0 Å². The van der Waals surface area contributed by atoms with E-state index in [1.54, 1.807) is 36.1 Å². The number of likely N-dealkylation sites (tertiary alicyclic amines) is 1. The van der Waals surface area contributed by atoms with E-state index in [0.29, 0.717) is 30.9 Å². The molecule has 3 rings (SSSR count). The summed E-state index contributed by atoms with van der Waals surface area (Å²) in [5.74, 6) is 0.127. The van der Waals surface area contributed by atoms with E-state index in [-0.39, 0.29) is 35.9 Å². The highest BCUT2D eigenvalue weighted by atomic mass is 35.5. The molecule has 8 heteroatoms. The van der Waals surface area contributed by atoms with Gasteiger partial charge in [0.1, 0.15) is 0 Å². The maximum Gasteiger partial charge on any atom is 0.256 e. The van der Waals surface area contributed by atoms with Gasteiger partial charge in [-0.3, -0.25) is 9.52 Å². The monoisotopic (exact) mass is 423 g/mol. The molecule has 3 N–H and O–H groups in total. The zero-order valence-corrected chi connectivity index (χ0v) is 17.4. The van der Waals surface area contributed by atoms with Crippen molar-refractivity contribution in [3.05, 3.63) is 65.7 Å². The molecular formula is C20H26ClN3O3S. The van der Waals surface area contributed by atoms with E-state index in [0.717, 1.165) is 0 Å². The summed E-state index contributed by atoms with van der Waals surface area (Å²) in [5.41, 5.74) is 7.81. The van der Waals surface area contributed by atoms with Gasteiger partial charge in [-0.1, -0.05) is 42.5 Å². The number of rotatable bonds is 6. The van der Waals surface area contributed by atoms with Crippen molar-refractivity contribution < 1.29 is 13.2 Å². The van der Waals surface area contributed by atoms with Crippen LogP contribution < -0.4 is 10.5 Å². The highest BCUT2D eigenvalue weighted by Crippen LogP contribution is 2.33. The Labute approximate surface area is 172 Å². The second-order valence-electron chi connectivity index (χ2n) is 6.77. The number of anilines is 1. The van der Waals surface area contributed by atoms with Crippen LogP contribution in [0.2, 0.25) is 0 Å². The standard InChI is InChI=1S/C20H25N3O3S.ClH/c1-2-27(25,26)22-19-11-7-6-10-17(19)20(24)23-13-16(12-21)18(14-23)15-8-4-3-5-9-15;/h3-11,16,18,22H,2,12-14,21H2,1H3;1H/t16-,18+;/m1./s1. The van der Waals surface area contributed by atoms with Gasteiger partial charge in [-0.05, 0) is 37.1 Å². The number of nitrogens with zero attached hydrogens (tertiary/aromatic N) is 1. The predicted octanol–water partition coefficient (Wildman–Crippen LogP) is 2.68. The summed E-state index contributed by atoms with van der Waals surface area (Å²) in [5, 5.41) is 0. The third-order valence-electron chi connectivity index (χ3n) is 5.06. The number of sulfonamides is 1. The molecule has 152 valence electrons. The van der Waals surface area contributed by atoms with Gasteiger partial charge in [0.25, 0.3) is 5.91 Å². The van der Waals surface area contributed by atoms with Gasteiger partial charge < -0.3 is 10.6 Å². The number of hydrogen-bond donors (Lipinski definition) is 2. The average molecular weight is 424 g/mol. The van der Waals surface area contributed by atoms with Crippen molar-refractivity contribution in [2.45, 2.75) is 12.8 Å². The Balaban J connectivity index is 0.00000280. The first-order valence-electron chi connectivity index (χ1n) is 9.09. The van der Waals surface area contributed by atoms with Crippen LogP contribution in [0.3, 0.4) is 0 Å². The first-order valence-corrected chi connectivity index (χ1v) is 10.7. The lowest BCUT2D eigenvalue weighted by Gasteiger charge is -2.19. The van der Waals surface area contributed by atoms with Gasteiger partial charge in [0.15, 0.2) is 0 Å². The molecule has 0 aliphatic carbocycles. The topological polar surface area (TPSA) is 92.5 Å². The molecule has 0 radical (unpaired) electrons. The van der Waals surface area contributed by atoms with Gasteiger partial charge in [-0.2, -0.15) is 0 Å². The molecule has 1 fully saturated rings. The zero-order chi connectivity index (χ0) is 19.4. The van der Waals surface area contributed by atoms with Crippen molar-refractivity contribution in [2.24, 2.45) is 11.7 Å². The molecule has 0 spiro atoms. The Kier molecular flexibility index (Phi) is 7.46. The van der Waals surface area contributed by atoms with Crippen LogP contribution in [0, 0.1) is 5.92 Å². The average Bonchev–Trinajstić information content (AvgIpc) is 3.13. The van der Waals surface area contributed by atoms with Crippen LogP contribution in [0.1, 0.15) is 28.8 Å². The Morgan fingerprint density at radius 2 is 1.75 bits per heavy atom. The van der Waals surface area contributed by atoms with Crippen molar-refractivity contribution >= 4 is 34.0 Å². The Hall–Kier alpha value is -2.09. The molecule has 1 saturated heterocycles.